The lowest BCUT2D eigenvalue weighted by molar-refractivity contribution is -0.387. The third-order valence-corrected chi connectivity index (χ3v) is 7.84. The summed E-state index contributed by atoms with van der Waals surface area (Å²) in [5.74, 6) is 0.581. The minimum atomic E-state index is -0.357. The predicted octanol–water partition coefficient (Wildman–Crippen LogP) is 6.93. The standard InChI is InChI=1S/C23H15N5O2S3/c29-28(30)17-10-4-5-11-18(17)32-23-19(15-7-2-1-3-8-15)20-21(24-14-25-22(20)33-23)27-26-13-16-9-6-12-31-16/h1-14H,(H,24,25,27)/b26-13-. The highest BCUT2D eigenvalue weighted by atomic mass is 32.2. The summed E-state index contributed by atoms with van der Waals surface area (Å²) < 4.78 is 0.899. The van der Waals surface area contributed by atoms with Crippen LogP contribution < -0.4 is 5.43 Å². The van der Waals surface area contributed by atoms with Crippen molar-refractivity contribution in [1.82, 2.24) is 9.97 Å². The van der Waals surface area contributed by atoms with E-state index in [1.165, 1.54) is 35.5 Å². The minimum Gasteiger partial charge on any atom is -0.261 e. The summed E-state index contributed by atoms with van der Waals surface area (Å²) in [5, 5.41) is 18.7. The zero-order valence-corrected chi connectivity index (χ0v) is 19.4. The number of hydrogen-bond acceptors (Lipinski definition) is 9. The van der Waals surface area contributed by atoms with Crippen molar-refractivity contribution < 1.29 is 4.92 Å². The highest BCUT2D eigenvalue weighted by Crippen LogP contribution is 2.49. The van der Waals surface area contributed by atoms with Crippen molar-refractivity contribution in [2.45, 2.75) is 9.10 Å². The molecular formula is C23H15N5O2S3. The molecule has 0 aliphatic carbocycles. The topological polar surface area (TPSA) is 93.3 Å². The van der Waals surface area contributed by atoms with E-state index in [1.54, 1.807) is 35.8 Å². The van der Waals surface area contributed by atoms with Crippen LogP contribution in [0.3, 0.4) is 0 Å². The molecule has 0 saturated heterocycles. The monoisotopic (exact) mass is 489 g/mol. The molecule has 0 saturated carbocycles. The molecule has 0 radical (unpaired) electrons. The summed E-state index contributed by atoms with van der Waals surface area (Å²) in [6.07, 6.45) is 3.24. The maximum Gasteiger partial charge on any atom is 0.283 e. The van der Waals surface area contributed by atoms with Gasteiger partial charge in [-0.3, -0.25) is 15.5 Å². The molecule has 0 aliphatic heterocycles. The van der Waals surface area contributed by atoms with Crippen LogP contribution in [0.25, 0.3) is 21.3 Å². The number of fused-ring (bicyclic) bond motifs is 1. The van der Waals surface area contributed by atoms with Crippen LogP contribution >= 0.6 is 34.4 Å². The molecular weight excluding hydrogens is 474 g/mol. The summed E-state index contributed by atoms with van der Waals surface area (Å²) >= 11 is 4.44. The molecule has 3 heterocycles. The van der Waals surface area contributed by atoms with Gasteiger partial charge in [0.05, 0.1) is 25.6 Å². The fourth-order valence-corrected chi connectivity index (χ4v) is 6.32. The largest absolute Gasteiger partial charge is 0.283 e. The third-order valence-electron chi connectivity index (χ3n) is 4.69. The second-order valence-electron chi connectivity index (χ2n) is 6.75. The Balaban J connectivity index is 1.63. The highest BCUT2D eigenvalue weighted by molar-refractivity contribution is 8.01. The number of hydrazone groups is 1. The molecule has 1 N–H and O–H groups in total. The fourth-order valence-electron chi connectivity index (χ4n) is 3.25. The SMILES string of the molecule is O=[N+]([O-])c1ccccc1Sc1sc2ncnc(N/N=C\c3cccs3)c2c1-c1ccccc1. The van der Waals surface area contributed by atoms with Gasteiger partial charge in [-0.25, -0.2) is 9.97 Å². The van der Waals surface area contributed by atoms with Gasteiger partial charge in [0.2, 0.25) is 0 Å². The Bertz CT molecular complexity index is 1450. The maximum atomic E-state index is 11.6. The van der Waals surface area contributed by atoms with E-state index < -0.39 is 0 Å². The smallest absolute Gasteiger partial charge is 0.261 e. The second-order valence-corrected chi connectivity index (χ2v) is 10.0. The zero-order chi connectivity index (χ0) is 22.6. The number of aromatic nitrogens is 2. The van der Waals surface area contributed by atoms with E-state index in [1.807, 2.05) is 47.8 Å². The van der Waals surface area contributed by atoms with Crippen LogP contribution in [0.2, 0.25) is 0 Å². The summed E-state index contributed by atoms with van der Waals surface area (Å²) in [5.41, 5.74) is 5.03. The molecule has 162 valence electrons. The number of nitrogens with one attached hydrogen (secondary N) is 1. The Labute approximate surface area is 201 Å². The van der Waals surface area contributed by atoms with E-state index >= 15 is 0 Å². The van der Waals surface area contributed by atoms with E-state index in [4.69, 9.17) is 0 Å². The molecule has 0 atom stereocenters. The molecule has 7 nitrogen and oxygen atoms in total. The molecule has 0 bridgehead atoms. The number of anilines is 1. The molecule has 0 fully saturated rings. The average molecular weight is 490 g/mol. The van der Waals surface area contributed by atoms with Gasteiger partial charge in [0.25, 0.3) is 5.69 Å². The number of thiophene rings is 2. The molecule has 3 aromatic heterocycles. The van der Waals surface area contributed by atoms with Crippen LogP contribution in [-0.4, -0.2) is 21.1 Å². The molecule has 2 aromatic carbocycles. The van der Waals surface area contributed by atoms with E-state index in [9.17, 15) is 10.1 Å². The van der Waals surface area contributed by atoms with Crippen molar-refractivity contribution in [3.8, 4) is 11.1 Å². The molecule has 0 unspecified atom stereocenters. The van der Waals surface area contributed by atoms with E-state index in [2.05, 4.69) is 20.5 Å². The fraction of sp³-hybridized carbons (Fsp3) is 0. The van der Waals surface area contributed by atoms with Crippen molar-refractivity contribution in [3.05, 3.63) is 93.4 Å². The Morgan fingerprint density at radius 1 is 1.03 bits per heavy atom. The number of rotatable bonds is 7. The Morgan fingerprint density at radius 2 is 1.85 bits per heavy atom. The number of nitro groups is 1. The van der Waals surface area contributed by atoms with Gasteiger partial charge in [-0.2, -0.15) is 5.10 Å². The van der Waals surface area contributed by atoms with Crippen molar-refractivity contribution in [2.75, 3.05) is 5.43 Å². The Kier molecular flexibility index (Phi) is 6.11. The summed E-state index contributed by atoms with van der Waals surface area (Å²) in [6.45, 7) is 0. The first-order valence-electron chi connectivity index (χ1n) is 9.77. The first kappa shape index (κ1) is 21.3. The highest BCUT2D eigenvalue weighted by Gasteiger charge is 2.22. The van der Waals surface area contributed by atoms with Gasteiger partial charge in [0.1, 0.15) is 11.2 Å². The first-order chi connectivity index (χ1) is 16.2. The third kappa shape index (κ3) is 4.49. The van der Waals surface area contributed by atoms with Gasteiger partial charge in [-0.15, -0.1) is 22.7 Å². The van der Waals surface area contributed by atoms with Crippen LogP contribution in [0.4, 0.5) is 11.5 Å². The van der Waals surface area contributed by atoms with Crippen LogP contribution in [0.1, 0.15) is 4.88 Å². The van der Waals surface area contributed by atoms with Gasteiger partial charge in [0.15, 0.2) is 5.82 Å². The van der Waals surface area contributed by atoms with Crippen molar-refractivity contribution in [3.63, 3.8) is 0 Å². The van der Waals surface area contributed by atoms with Gasteiger partial charge in [-0.05, 0) is 23.1 Å². The lowest BCUT2D eigenvalue weighted by Crippen LogP contribution is -1.95. The zero-order valence-electron chi connectivity index (χ0n) is 16.9. The van der Waals surface area contributed by atoms with Gasteiger partial charge in [0, 0.05) is 16.5 Å². The van der Waals surface area contributed by atoms with Crippen LogP contribution in [0.15, 0.2) is 92.6 Å². The first-order valence-corrected chi connectivity index (χ1v) is 12.3. The molecule has 5 rings (SSSR count). The predicted molar refractivity (Wildman–Crippen MR) is 136 cm³/mol. The lowest BCUT2D eigenvalue weighted by Gasteiger charge is -2.07. The summed E-state index contributed by atoms with van der Waals surface area (Å²) in [6, 6.07) is 20.6. The Morgan fingerprint density at radius 3 is 2.64 bits per heavy atom. The van der Waals surface area contributed by atoms with Crippen molar-refractivity contribution in [2.24, 2.45) is 5.10 Å². The molecule has 33 heavy (non-hydrogen) atoms. The van der Waals surface area contributed by atoms with Crippen LogP contribution in [0, 0.1) is 10.1 Å². The van der Waals surface area contributed by atoms with E-state index in [0.717, 1.165) is 30.4 Å². The van der Waals surface area contributed by atoms with Crippen LogP contribution in [0.5, 0.6) is 0 Å². The quantitative estimate of drug-likeness (QED) is 0.151. The molecule has 10 heteroatoms. The molecule has 0 aliphatic rings. The molecule has 0 spiro atoms. The Hall–Kier alpha value is -3.60. The summed E-state index contributed by atoms with van der Waals surface area (Å²) in [7, 11) is 0. The van der Waals surface area contributed by atoms with Gasteiger partial charge >= 0.3 is 0 Å². The molecule has 0 amide bonds. The summed E-state index contributed by atoms with van der Waals surface area (Å²) in [4.78, 5) is 22.5. The van der Waals surface area contributed by atoms with Crippen molar-refractivity contribution in [1.29, 1.82) is 0 Å². The van der Waals surface area contributed by atoms with E-state index in [0.29, 0.717) is 10.7 Å². The lowest BCUT2D eigenvalue weighted by atomic mass is 10.1. The number of benzene rings is 2. The van der Waals surface area contributed by atoms with Gasteiger partial charge < -0.3 is 0 Å². The maximum absolute atomic E-state index is 11.6. The number of nitrogens with zero attached hydrogens (tertiary/aromatic N) is 4. The van der Waals surface area contributed by atoms with Crippen molar-refractivity contribution >= 4 is 62.4 Å². The normalized spacial score (nSPS) is 11.3. The average Bonchev–Trinajstić information content (AvgIpc) is 3.48. The van der Waals surface area contributed by atoms with E-state index in [-0.39, 0.29) is 10.6 Å². The number of hydrogen-bond donors (Lipinski definition) is 1. The minimum absolute atomic E-state index is 0.0731. The second kappa shape index (κ2) is 9.49. The number of nitro benzene ring substituents is 1. The number of para-hydroxylation sites is 1. The van der Waals surface area contributed by atoms with Crippen LogP contribution in [-0.2, 0) is 0 Å². The van der Waals surface area contributed by atoms with Gasteiger partial charge in [-0.1, -0.05) is 60.3 Å². The molecule has 5 aromatic rings.